The number of esters is 1. The lowest BCUT2D eigenvalue weighted by Crippen LogP contribution is -2.09. The van der Waals surface area contributed by atoms with E-state index in [2.05, 4.69) is 0 Å². The van der Waals surface area contributed by atoms with Crippen molar-refractivity contribution < 1.29 is 19.0 Å². The maximum Gasteiger partial charge on any atom is 0.343 e. The molecule has 0 spiro atoms. The summed E-state index contributed by atoms with van der Waals surface area (Å²) >= 11 is 0. The van der Waals surface area contributed by atoms with Crippen LogP contribution in [0, 0.1) is 0 Å². The molecule has 0 aliphatic heterocycles. The Morgan fingerprint density at radius 2 is 1.82 bits per heavy atom. The Morgan fingerprint density at radius 1 is 1.09 bits per heavy atom. The Bertz CT molecular complexity index is 622. The number of carbonyl (C=O) groups is 1. The molecule has 0 aliphatic rings. The third kappa shape index (κ3) is 3.86. The van der Waals surface area contributed by atoms with Crippen molar-refractivity contribution >= 4 is 5.97 Å². The number of rotatable bonds is 6. The summed E-state index contributed by atoms with van der Waals surface area (Å²) in [6.07, 6.45) is -0.0437. The van der Waals surface area contributed by atoms with Crippen LogP contribution < -0.4 is 9.47 Å². The number of hydrogen-bond acceptors (Lipinski definition) is 4. The van der Waals surface area contributed by atoms with Gasteiger partial charge >= 0.3 is 5.97 Å². The van der Waals surface area contributed by atoms with E-state index in [4.69, 9.17) is 14.2 Å². The summed E-state index contributed by atoms with van der Waals surface area (Å²) in [5, 5.41) is 0. The minimum atomic E-state index is -0.412. The number of carbonyl (C=O) groups excluding carboxylic acids is 1. The molecular weight excluding hydrogens is 280 g/mol. The molecule has 0 saturated heterocycles. The zero-order valence-corrected chi connectivity index (χ0v) is 13.0. The molecule has 0 bridgehead atoms. The van der Waals surface area contributed by atoms with E-state index < -0.39 is 5.97 Å². The van der Waals surface area contributed by atoms with E-state index in [9.17, 15) is 4.79 Å². The molecule has 116 valence electrons. The number of methoxy groups -OCH3 is 1. The molecule has 0 N–H and O–H groups in total. The molecule has 0 amide bonds. The molecule has 2 aromatic carbocycles. The highest BCUT2D eigenvalue weighted by atomic mass is 16.6. The van der Waals surface area contributed by atoms with Gasteiger partial charge in [-0.05, 0) is 43.7 Å². The fourth-order valence-electron chi connectivity index (χ4n) is 2.10. The molecule has 0 saturated carbocycles. The quantitative estimate of drug-likeness (QED) is 0.597. The fraction of sp³-hybridized carbons (Fsp3) is 0.278. The van der Waals surface area contributed by atoms with Crippen molar-refractivity contribution in [1.29, 1.82) is 0 Å². The van der Waals surface area contributed by atoms with Gasteiger partial charge < -0.3 is 14.2 Å². The SMILES string of the molecule is CCOC(C)c1ccc(OC(=O)c2ccccc2)c(OC)c1. The highest BCUT2D eigenvalue weighted by molar-refractivity contribution is 5.91. The number of ether oxygens (including phenoxy) is 3. The van der Waals surface area contributed by atoms with Crippen molar-refractivity contribution in [2.45, 2.75) is 20.0 Å². The molecule has 0 aromatic heterocycles. The van der Waals surface area contributed by atoms with Crippen molar-refractivity contribution in [2.24, 2.45) is 0 Å². The van der Waals surface area contributed by atoms with Crippen molar-refractivity contribution in [3.05, 3.63) is 59.7 Å². The van der Waals surface area contributed by atoms with E-state index >= 15 is 0 Å². The van der Waals surface area contributed by atoms with Gasteiger partial charge in [-0.15, -0.1) is 0 Å². The topological polar surface area (TPSA) is 44.8 Å². The van der Waals surface area contributed by atoms with Gasteiger partial charge in [0, 0.05) is 6.61 Å². The molecule has 0 radical (unpaired) electrons. The summed E-state index contributed by atoms with van der Waals surface area (Å²) in [6.45, 7) is 4.55. The van der Waals surface area contributed by atoms with E-state index in [1.807, 2.05) is 32.0 Å². The summed E-state index contributed by atoms with van der Waals surface area (Å²) in [5.41, 5.74) is 1.47. The molecule has 4 heteroatoms. The highest BCUT2D eigenvalue weighted by Crippen LogP contribution is 2.31. The van der Waals surface area contributed by atoms with Gasteiger partial charge in [-0.2, -0.15) is 0 Å². The molecule has 0 heterocycles. The van der Waals surface area contributed by atoms with Crippen LogP contribution in [0.5, 0.6) is 11.5 Å². The Labute approximate surface area is 130 Å². The molecule has 0 fully saturated rings. The lowest BCUT2D eigenvalue weighted by atomic mass is 10.1. The van der Waals surface area contributed by atoms with E-state index in [1.165, 1.54) is 0 Å². The predicted octanol–water partition coefficient (Wildman–Crippen LogP) is 4.01. The summed E-state index contributed by atoms with van der Waals surface area (Å²) in [5.74, 6) is 0.488. The first kappa shape index (κ1) is 16.0. The smallest absolute Gasteiger partial charge is 0.343 e. The van der Waals surface area contributed by atoms with Gasteiger partial charge in [0.25, 0.3) is 0 Å². The first-order valence-electron chi connectivity index (χ1n) is 7.22. The van der Waals surface area contributed by atoms with Crippen LogP contribution in [0.3, 0.4) is 0 Å². The van der Waals surface area contributed by atoms with Gasteiger partial charge in [-0.1, -0.05) is 24.3 Å². The average Bonchev–Trinajstić information content (AvgIpc) is 2.56. The average molecular weight is 300 g/mol. The second kappa shape index (κ2) is 7.61. The maximum absolute atomic E-state index is 12.1. The molecule has 4 nitrogen and oxygen atoms in total. The van der Waals surface area contributed by atoms with Gasteiger partial charge in [-0.3, -0.25) is 0 Å². The molecular formula is C18H20O4. The van der Waals surface area contributed by atoms with Crippen LogP contribution in [0.15, 0.2) is 48.5 Å². The lowest BCUT2D eigenvalue weighted by molar-refractivity contribution is 0.0726. The summed E-state index contributed by atoms with van der Waals surface area (Å²) in [6, 6.07) is 14.3. The van der Waals surface area contributed by atoms with Gasteiger partial charge in [0.1, 0.15) is 0 Å². The first-order valence-corrected chi connectivity index (χ1v) is 7.22. The fourth-order valence-corrected chi connectivity index (χ4v) is 2.10. The Hall–Kier alpha value is -2.33. The second-order valence-corrected chi connectivity index (χ2v) is 4.76. The number of benzene rings is 2. The zero-order valence-electron chi connectivity index (χ0n) is 13.0. The zero-order chi connectivity index (χ0) is 15.9. The predicted molar refractivity (Wildman–Crippen MR) is 84.4 cm³/mol. The Kier molecular flexibility index (Phi) is 5.55. The number of hydrogen-bond donors (Lipinski definition) is 0. The summed E-state index contributed by atoms with van der Waals surface area (Å²) in [7, 11) is 1.55. The molecule has 0 aliphatic carbocycles. The van der Waals surface area contributed by atoms with Crippen molar-refractivity contribution in [3.63, 3.8) is 0 Å². The second-order valence-electron chi connectivity index (χ2n) is 4.76. The van der Waals surface area contributed by atoms with Crippen LogP contribution in [0.2, 0.25) is 0 Å². The molecule has 2 aromatic rings. The standard InChI is InChI=1S/C18H20O4/c1-4-21-13(2)15-10-11-16(17(12-15)20-3)22-18(19)14-8-6-5-7-9-14/h5-13H,4H2,1-3H3. The van der Waals surface area contributed by atoms with E-state index in [0.717, 1.165) is 5.56 Å². The summed E-state index contributed by atoms with van der Waals surface area (Å²) in [4.78, 5) is 12.1. The first-order chi connectivity index (χ1) is 10.7. The largest absolute Gasteiger partial charge is 0.493 e. The molecule has 22 heavy (non-hydrogen) atoms. The van der Waals surface area contributed by atoms with Crippen molar-refractivity contribution in [1.82, 2.24) is 0 Å². The van der Waals surface area contributed by atoms with E-state index in [-0.39, 0.29) is 6.10 Å². The van der Waals surface area contributed by atoms with Crippen LogP contribution in [0.1, 0.15) is 35.9 Å². The van der Waals surface area contributed by atoms with Gasteiger partial charge in [-0.25, -0.2) is 4.79 Å². The molecule has 1 atom stereocenters. The Morgan fingerprint density at radius 3 is 2.45 bits per heavy atom. The third-order valence-electron chi connectivity index (χ3n) is 3.29. The van der Waals surface area contributed by atoms with Crippen molar-refractivity contribution in [3.8, 4) is 11.5 Å². The van der Waals surface area contributed by atoms with E-state index in [0.29, 0.717) is 23.7 Å². The minimum absolute atomic E-state index is 0.0437. The maximum atomic E-state index is 12.1. The van der Waals surface area contributed by atoms with Crippen LogP contribution in [-0.2, 0) is 4.74 Å². The van der Waals surface area contributed by atoms with Crippen LogP contribution in [-0.4, -0.2) is 19.7 Å². The minimum Gasteiger partial charge on any atom is -0.493 e. The van der Waals surface area contributed by atoms with Gasteiger partial charge in [0.2, 0.25) is 0 Å². The lowest BCUT2D eigenvalue weighted by Gasteiger charge is -2.15. The van der Waals surface area contributed by atoms with Crippen LogP contribution >= 0.6 is 0 Å². The van der Waals surface area contributed by atoms with E-state index in [1.54, 1.807) is 37.4 Å². The monoisotopic (exact) mass is 300 g/mol. The normalized spacial score (nSPS) is 11.8. The van der Waals surface area contributed by atoms with Crippen molar-refractivity contribution in [2.75, 3.05) is 13.7 Å². The van der Waals surface area contributed by atoms with Gasteiger partial charge in [0.15, 0.2) is 11.5 Å². The molecule has 1 unspecified atom stereocenters. The van der Waals surface area contributed by atoms with Crippen LogP contribution in [0.25, 0.3) is 0 Å². The van der Waals surface area contributed by atoms with Crippen LogP contribution in [0.4, 0.5) is 0 Å². The van der Waals surface area contributed by atoms with Gasteiger partial charge in [0.05, 0.1) is 18.8 Å². The summed E-state index contributed by atoms with van der Waals surface area (Å²) < 4.78 is 16.3. The molecule has 2 rings (SSSR count). The Balaban J connectivity index is 2.19. The highest BCUT2D eigenvalue weighted by Gasteiger charge is 2.14. The third-order valence-corrected chi connectivity index (χ3v) is 3.29.